The fraction of sp³-hybridized carbons (Fsp3) is 0.154. The maximum Gasteiger partial charge on any atom is 0.346 e. The number of nitrogens with zero attached hydrogens (tertiary/aromatic N) is 1. The lowest BCUT2D eigenvalue weighted by Gasteiger charge is -2.05. The van der Waals surface area contributed by atoms with Gasteiger partial charge in [-0.3, -0.25) is 9.78 Å². The van der Waals surface area contributed by atoms with Crippen molar-refractivity contribution in [1.29, 1.82) is 0 Å². The molecule has 0 saturated heterocycles. The van der Waals surface area contributed by atoms with Crippen molar-refractivity contribution < 1.29 is 19.4 Å². The van der Waals surface area contributed by atoms with Gasteiger partial charge in [0.2, 0.25) is 0 Å². The molecule has 0 aliphatic rings. The first-order valence-electron chi connectivity index (χ1n) is 5.84. The molecule has 0 atom stereocenters. The minimum absolute atomic E-state index is 0.193. The Balaban J connectivity index is 2.14. The van der Waals surface area contributed by atoms with Gasteiger partial charge in [0.05, 0.1) is 0 Å². The number of rotatable bonds is 5. The predicted molar refractivity (Wildman–Crippen MR) is 73.6 cm³/mol. The van der Waals surface area contributed by atoms with Crippen molar-refractivity contribution in [3.63, 3.8) is 0 Å². The van der Waals surface area contributed by atoms with Crippen LogP contribution in [0.5, 0.6) is 11.5 Å². The Hall–Kier alpha value is -2.41. The Bertz CT molecular complexity index is 639. The second kappa shape index (κ2) is 6.16. The molecule has 0 radical (unpaired) electrons. The Morgan fingerprint density at radius 1 is 1.40 bits per heavy atom. The molecule has 0 spiro atoms. The van der Waals surface area contributed by atoms with Crippen molar-refractivity contribution in [2.45, 2.75) is 6.92 Å². The maximum atomic E-state index is 11.6. The van der Waals surface area contributed by atoms with Crippen LogP contribution in [-0.4, -0.2) is 28.5 Å². The highest BCUT2D eigenvalue weighted by atomic mass is 32.1. The van der Waals surface area contributed by atoms with E-state index in [0.29, 0.717) is 18.0 Å². The van der Waals surface area contributed by atoms with E-state index in [2.05, 4.69) is 10.3 Å². The van der Waals surface area contributed by atoms with E-state index in [0.717, 1.165) is 11.3 Å². The van der Waals surface area contributed by atoms with E-state index < -0.39 is 5.97 Å². The van der Waals surface area contributed by atoms with Crippen LogP contribution in [0.2, 0.25) is 0 Å². The van der Waals surface area contributed by atoms with Gasteiger partial charge in [-0.1, -0.05) is 0 Å². The summed E-state index contributed by atoms with van der Waals surface area (Å²) < 4.78 is 5.51. The number of aromatic nitrogens is 1. The zero-order valence-electron chi connectivity index (χ0n) is 10.6. The van der Waals surface area contributed by atoms with Gasteiger partial charge in [0.25, 0.3) is 5.91 Å². The minimum atomic E-state index is -0.998. The highest BCUT2D eigenvalue weighted by Crippen LogP contribution is 2.27. The lowest BCUT2D eigenvalue weighted by Crippen LogP contribution is -2.23. The van der Waals surface area contributed by atoms with Crippen molar-refractivity contribution in [2.75, 3.05) is 6.54 Å². The van der Waals surface area contributed by atoms with Crippen molar-refractivity contribution in [3.8, 4) is 11.5 Å². The van der Waals surface area contributed by atoms with Gasteiger partial charge in [0.15, 0.2) is 0 Å². The van der Waals surface area contributed by atoms with Crippen LogP contribution in [0.1, 0.15) is 27.1 Å². The second-order valence-corrected chi connectivity index (χ2v) is 4.70. The summed E-state index contributed by atoms with van der Waals surface area (Å²) >= 11 is 1.08. The molecule has 0 aliphatic carbocycles. The van der Waals surface area contributed by atoms with Crippen LogP contribution in [0.3, 0.4) is 0 Å². The molecule has 0 aromatic carbocycles. The zero-order valence-corrected chi connectivity index (χ0v) is 11.4. The molecule has 2 rings (SSSR count). The van der Waals surface area contributed by atoms with Gasteiger partial charge < -0.3 is 15.2 Å². The number of carboxylic acids is 1. The number of pyridine rings is 1. The Kier molecular flexibility index (Phi) is 4.31. The first kappa shape index (κ1) is 14.0. The van der Waals surface area contributed by atoms with Crippen LogP contribution in [0.25, 0.3) is 0 Å². The average Bonchev–Trinajstić information content (AvgIpc) is 2.88. The molecular formula is C13H12N2O4S. The molecule has 0 aliphatic heterocycles. The Morgan fingerprint density at radius 3 is 2.85 bits per heavy atom. The Morgan fingerprint density at radius 2 is 2.20 bits per heavy atom. The molecule has 2 aromatic rings. The van der Waals surface area contributed by atoms with Crippen molar-refractivity contribution in [3.05, 3.63) is 40.3 Å². The topological polar surface area (TPSA) is 88.5 Å². The zero-order chi connectivity index (χ0) is 14.5. The van der Waals surface area contributed by atoms with Gasteiger partial charge in [0, 0.05) is 30.3 Å². The molecule has 104 valence electrons. The largest absolute Gasteiger partial charge is 0.477 e. The van der Waals surface area contributed by atoms with Crippen molar-refractivity contribution in [2.24, 2.45) is 0 Å². The third kappa shape index (κ3) is 3.33. The third-order valence-electron chi connectivity index (χ3n) is 2.32. The number of amides is 1. The van der Waals surface area contributed by atoms with Crippen LogP contribution in [0.15, 0.2) is 29.8 Å². The second-order valence-electron chi connectivity index (χ2n) is 3.79. The summed E-state index contributed by atoms with van der Waals surface area (Å²) in [5, 5.41) is 13.1. The molecule has 0 fully saturated rings. The smallest absolute Gasteiger partial charge is 0.346 e. The molecule has 2 aromatic heterocycles. The summed E-state index contributed by atoms with van der Waals surface area (Å²) in [5.74, 6) is -0.437. The van der Waals surface area contributed by atoms with E-state index in [1.807, 2.05) is 6.92 Å². The van der Waals surface area contributed by atoms with Crippen LogP contribution in [0.4, 0.5) is 0 Å². The lowest BCUT2D eigenvalue weighted by molar-refractivity contribution is 0.0701. The molecule has 6 nitrogen and oxygen atoms in total. The first-order valence-corrected chi connectivity index (χ1v) is 6.72. The third-order valence-corrected chi connectivity index (χ3v) is 3.22. The molecule has 20 heavy (non-hydrogen) atoms. The van der Waals surface area contributed by atoms with E-state index in [1.165, 1.54) is 18.3 Å². The molecule has 0 bridgehead atoms. The number of thiophene rings is 1. The van der Waals surface area contributed by atoms with E-state index in [-0.39, 0.29) is 16.5 Å². The SMILES string of the molecule is CCNC(=O)c1cc(Oc2csc(C(=O)O)c2)ccn1. The number of hydrogen-bond donors (Lipinski definition) is 2. The molecule has 1 amide bonds. The first-order chi connectivity index (χ1) is 9.60. The number of aromatic carboxylic acids is 1. The van der Waals surface area contributed by atoms with E-state index in [4.69, 9.17) is 9.84 Å². The standard InChI is InChI=1S/C13H12N2O4S/c1-2-14-12(16)10-5-8(3-4-15-10)19-9-6-11(13(17)18)20-7-9/h3-7H,2H2,1H3,(H,14,16)(H,17,18). The fourth-order valence-corrected chi connectivity index (χ4v) is 2.11. The highest BCUT2D eigenvalue weighted by Gasteiger charge is 2.10. The number of nitrogens with one attached hydrogen (secondary N) is 1. The maximum absolute atomic E-state index is 11.6. The molecule has 7 heteroatoms. The summed E-state index contributed by atoms with van der Waals surface area (Å²) in [5.41, 5.74) is 0.248. The Labute approximate surface area is 119 Å². The van der Waals surface area contributed by atoms with E-state index >= 15 is 0 Å². The lowest BCUT2D eigenvalue weighted by atomic mass is 10.3. The van der Waals surface area contributed by atoms with Gasteiger partial charge >= 0.3 is 5.97 Å². The van der Waals surface area contributed by atoms with Crippen molar-refractivity contribution in [1.82, 2.24) is 10.3 Å². The van der Waals surface area contributed by atoms with Crippen LogP contribution in [-0.2, 0) is 0 Å². The van der Waals surface area contributed by atoms with Gasteiger partial charge in [-0.25, -0.2) is 4.79 Å². The average molecular weight is 292 g/mol. The van der Waals surface area contributed by atoms with Crippen molar-refractivity contribution >= 4 is 23.2 Å². The normalized spacial score (nSPS) is 10.1. The number of carbonyl (C=O) groups is 2. The number of ether oxygens (including phenoxy) is 1. The highest BCUT2D eigenvalue weighted by molar-refractivity contribution is 7.12. The van der Waals surface area contributed by atoms with Gasteiger partial charge in [-0.2, -0.15) is 0 Å². The molecule has 0 unspecified atom stereocenters. The fourth-order valence-electron chi connectivity index (χ4n) is 1.47. The summed E-state index contributed by atoms with van der Waals surface area (Å²) in [6.45, 7) is 2.33. The summed E-state index contributed by atoms with van der Waals surface area (Å²) in [6.07, 6.45) is 1.46. The van der Waals surface area contributed by atoms with E-state index in [1.54, 1.807) is 11.4 Å². The number of carbonyl (C=O) groups excluding carboxylic acids is 1. The minimum Gasteiger partial charge on any atom is -0.477 e. The van der Waals surface area contributed by atoms with Crippen LogP contribution >= 0.6 is 11.3 Å². The monoisotopic (exact) mass is 292 g/mol. The quantitative estimate of drug-likeness (QED) is 0.883. The number of hydrogen-bond acceptors (Lipinski definition) is 5. The van der Waals surface area contributed by atoms with Gasteiger partial charge in [-0.05, 0) is 13.0 Å². The molecule has 2 N–H and O–H groups in total. The summed E-state index contributed by atoms with van der Waals surface area (Å²) in [4.78, 5) is 26.6. The number of carboxylic acid groups (broad SMARTS) is 1. The molecule has 0 saturated carbocycles. The van der Waals surface area contributed by atoms with Gasteiger partial charge in [-0.15, -0.1) is 11.3 Å². The van der Waals surface area contributed by atoms with Crippen LogP contribution < -0.4 is 10.1 Å². The molecular weight excluding hydrogens is 280 g/mol. The predicted octanol–water partition coefficient (Wildman–Crippen LogP) is 2.38. The van der Waals surface area contributed by atoms with Crippen LogP contribution in [0, 0.1) is 0 Å². The molecule has 2 heterocycles. The van der Waals surface area contributed by atoms with E-state index in [9.17, 15) is 9.59 Å². The summed E-state index contributed by atoms with van der Waals surface area (Å²) in [6, 6.07) is 4.53. The van der Waals surface area contributed by atoms with Gasteiger partial charge in [0.1, 0.15) is 22.1 Å². The summed E-state index contributed by atoms with van der Waals surface area (Å²) in [7, 11) is 0.